The van der Waals surface area contributed by atoms with Crippen molar-refractivity contribution in [3.05, 3.63) is 92.4 Å². The van der Waals surface area contributed by atoms with E-state index in [2.05, 4.69) is 12.2 Å². The van der Waals surface area contributed by atoms with Crippen LogP contribution in [0.15, 0.2) is 66.2 Å². The lowest BCUT2D eigenvalue weighted by atomic mass is 10.1. The number of hydrogen-bond acceptors (Lipinski definition) is 5. The number of barbiturate groups is 1. The monoisotopic (exact) mass is 572 g/mol. The molecule has 0 radical (unpaired) electrons. The molecule has 0 aromatic heterocycles. The minimum absolute atomic E-state index is 0.145. The Bertz CT molecular complexity index is 1410. The first kappa shape index (κ1) is 27.5. The fraction of sp³-hybridized carbons (Fsp3) is 0.179. The number of imide groups is 2. The van der Waals surface area contributed by atoms with Crippen LogP contribution in [0.2, 0.25) is 15.1 Å². The topological polar surface area (TPSA) is 84.9 Å². The lowest BCUT2D eigenvalue weighted by Gasteiger charge is -2.26. The summed E-state index contributed by atoms with van der Waals surface area (Å²) in [6, 6.07) is 15.6. The van der Waals surface area contributed by atoms with Crippen LogP contribution in [0, 0.1) is 0 Å². The van der Waals surface area contributed by atoms with Crippen LogP contribution in [0.25, 0.3) is 6.08 Å². The van der Waals surface area contributed by atoms with Crippen molar-refractivity contribution >= 4 is 64.4 Å². The zero-order valence-electron chi connectivity index (χ0n) is 20.3. The molecule has 1 saturated heterocycles. The van der Waals surface area contributed by atoms with Crippen LogP contribution >= 0.6 is 34.8 Å². The van der Waals surface area contributed by atoms with Crippen molar-refractivity contribution in [3.63, 3.8) is 0 Å². The van der Waals surface area contributed by atoms with Crippen molar-refractivity contribution in [1.82, 2.24) is 5.32 Å². The number of halogens is 3. The van der Waals surface area contributed by atoms with Gasteiger partial charge in [0.2, 0.25) is 0 Å². The molecular formula is C28H23Cl3N2O5. The number of carbonyl (C=O) groups excluding carboxylic acids is 3. The molecule has 1 aliphatic heterocycles. The van der Waals surface area contributed by atoms with E-state index in [1.54, 1.807) is 60.7 Å². The zero-order valence-corrected chi connectivity index (χ0v) is 22.6. The second-order valence-corrected chi connectivity index (χ2v) is 9.62. The summed E-state index contributed by atoms with van der Waals surface area (Å²) < 4.78 is 11.6. The lowest BCUT2D eigenvalue weighted by Crippen LogP contribution is -2.54. The third-order valence-corrected chi connectivity index (χ3v) is 6.59. The summed E-state index contributed by atoms with van der Waals surface area (Å²) >= 11 is 18.3. The first-order valence-electron chi connectivity index (χ1n) is 11.8. The number of anilines is 1. The van der Waals surface area contributed by atoms with Crippen LogP contribution in [-0.4, -0.2) is 24.5 Å². The van der Waals surface area contributed by atoms with Crippen molar-refractivity contribution < 1.29 is 23.9 Å². The van der Waals surface area contributed by atoms with Crippen LogP contribution in [0.3, 0.4) is 0 Å². The summed E-state index contributed by atoms with van der Waals surface area (Å²) in [6.07, 6.45) is 3.25. The van der Waals surface area contributed by atoms with Crippen molar-refractivity contribution in [2.75, 3.05) is 11.5 Å². The van der Waals surface area contributed by atoms with E-state index in [0.717, 1.165) is 23.3 Å². The van der Waals surface area contributed by atoms with Gasteiger partial charge in [0.05, 0.1) is 22.3 Å². The van der Waals surface area contributed by atoms with E-state index in [0.29, 0.717) is 38.7 Å². The highest BCUT2D eigenvalue weighted by atomic mass is 35.5. The Hall–Kier alpha value is -3.52. The molecule has 3 aromatic rings. The van der Waals surface area contributed by atoms with Crippen molar-refractivity contribution in [2.24, 2.45) is 0 Å². The second kappa shape index (κ2) is 12.3. The summed E-state index contributed by atoms with van der Waals surface area (Å²) in [5.74, 6) is -0.632. The first-order chi connectivity index (χ1) is 18.3. The maximum absolute atomic E-state index is 13.3. The van der Waals surface area contributed by atoms with Crippen molar-refractivity contribution in [2.45, 2.75) is 26.4 Å². The van der Waals surface area contributed by atoms with Gasteiger partial charge in [-0.25, -0.2) is 9.69 Å². The molecule has 1 heterocycles. The summed E-state index contributed by atoms with van der Waals surface area (Å²) in [5, 5.41) is 3.40. The van der Waals surface area contributed by atoms with E-state index in [1.165, 1.54) is 6.08 Å². The van der Waals surface area contributed by atoms with Crippen LogP contribution in [0.5, 0.6) is 11.5 Å². The standard InChI is InChI=1S/C28H23Cl3N2O5/c1-2-3-12-37-21-8-6-20(7-9-21)33-27(35)22(26(34)32-28(33)36)15-18-14-19(29)5-11-25(18)38-16-17-4-10-23(30)24(31)13-17/h4-11,13-15H,2-3,12,16H2,1H3,(H,32,34,36)/b22-15-. The van der Waals surface area contributed by atoms with Gasteiger partial charge in [0, 0.05) is 10.6 Å². The Kier molecular flexibility index (Phi) is 8.94. The van der Waals surface area contributed by atoms with Gasteiger partial charge >= 0.3 is 6.03 Å². The lowest BCUT2D eigenvalue weighted by molar-refractivity contribution is -0.122. The number of urea groups is 1. The van der Waals surface area contributed by atoms with Gasteiger partial charge in [-0.15, -0.1) is 0 Å². The Morgan fingerprint density at radius 2 is 1.66 bits per heavy atom. The molecule has 0 aliphatic carbocycles. The number of benzene rings is 3. The van der Waals surface area contributed by atoms with Gasteiger partial charge in [0.25, 0.3) is 11.8 Å². The fourth-order valence-electron chi connectivity index (χ4n) is 3.63. The SMILES string of the molecule is CCCCOc1ccc(N2C(=O)NC(=O)/C(=C/c3cc(Cl)ccc3OCc3ccc(Cl)c(Cl)c3)C2=O)cc1. The van der Waals surface area contributed by atoms with Gasteiger partial charge < -0.3 is 9.47 Å². The van der Waals surface area contributed by atoms with Gasteiger partial charge in [0.15, 0.2) is 0 Å². The highest BCUT2D eigenvalue weighted by Gasteiger charge is 2.37. The second-order valence-electron chi connectivity index (χ2n) is 8.37. The molecule has 1 aliphatic rings. The minimum Gasteiger partial charge on any atom is -0.494 e. The Morgan fingerprint density at radius 3 is 2.37 bits per heavy atom. The Balaban J connectivity index is 1.59. The van der Waals surface area contributed by atoms with Gasteiger partial charge in [-0.05, 0) is 72.7 Å². The summed E-state index contributed by atoms with van der Waals surface area (Å²) in [4.78, 5) is 39.5. The number of nitrogens with one attached hydrogen (secondary N) is 1. The molecule has 1 N–H and O–H groups in total. The summed E-state index contributed by atoms with van der Waals surface area (Å²) in [6.45, 7) is 2.77. The zero-order chi connectivity index (χ0) is 27.2. The van der Waals surface area contributed by atoms with Crippen LogP contribution in [0.1, 0.15) is 30.9 Å². The fourth-order valence-corrected chi connectivity index (χ4v) is 4.13. The largest absolute Gasteiger partial charge is 0.494 e. The summed E-state index contributed by atoms with van der Waals surface area (Å²) in [7, 11) is 0. The summed E-state index contributed by atoms with van der Waals surface area (Å²) in [5.41, 5.74) is 1.17. The third kappa shape index (κ3) is 6.48. The predicted octanol–water partition coefficient (Wildman–Crippen LogP) is 7.07. The number of hydrogen-bond donors (Lipinski definition) is 1. The highest BCUT2D eigenvalue weighted by Crippen LogP contribution is 2.30. The quantitative estimate of drug-likeness (QED) is 0.168. The van der Waals surface area contributed by atoms with Crippen LogP contribution < -0.4 is 19.7 Å². The normalized spacial score (nSPS) is 14.6. The molecule has 0 unspecified atom stereocenters. The molecule has 0 spiro atoms. The van der Waals surface area contributed by atoms with E-state index in [-0.39, 0.29) is 17.9 Å². The van der Waals surface area contributed by atoms with Gasteiger partial charge in [0.1, 0.15) is 23.7 Å². The smallest absolute Gasteiger partial charge is 0.335 e. The molecule has 4 rings (SSSR count). The van der Waals surface area contributed by atoms with Gasteiger partial charge in [-0.1, -0.05) is 54.2 Å². The number of amides is 4. The molecular weight excluding hydrogens is 551 g/mol. The predicted molar refractivity (Wildman–Crippen MR) is 148 cm³/mol. The maximum atomic E-state index is 13.3. The molecule has 196 valence electrons. The van der Waals surface area contributed by atoms with E-state index >= 15 is 0 Å². The number of nitrogens with zero attached hydrogens (tertiary/aromatic N) is 1. The highest BCUT2D eigenvalue weighted by molar-refractivity contribution is 6.42. The van der Waals surface area contributed by atoms with Crippen molar-refractivity contribution in [3.8, 4) is 11.5 Å². The van der Waals surface area contributed by atoms with Crippen LogP contribution in [0.4, 0.5) is 10.5 Å². The molecule has 4 amide bonds. The number of unbranched alkanes of at least 4 members (excludes halogenated alkanes) is 1. The molecule has 10 heteroatoms. The molecule has 3 aromatic carbocycles. The number of rotatable bonds is 9. The van der Waals surface area contributed by atoms with Gasteiger partial charge in [-0.3, -0.25) is 14.9 Å². The number of carbonyl (C=O) groups is 3. The Labute approximate surface area is 234 Å². The molecule has 0 bridgehead atoms. The average molecular weight is 574 g/mol. The van der Waals surface area contributed by atoms with E-state index in [1.807, 2.05) is 0 Å². The molecule has 38 heavy (non-hydrogen) atoms. The van der Waals surface area contributed by atoms with Gasteiger partial charge in [-0.2, -0.15) is 0 Å². The van der Waals surface area contributed by atoms with Crippen LogP contribution in [-0.2, 0) is 16.2 Å². The minimum atomic E-state index is -0.848. The molecule has 7 nitrogen and oxygen atoms in total. The number of ether oxygens (including phenoxy) is 2. The van der Waals surface area contributed by atoms with E-state index in [4.69, 9.17) is 44.3 Å². The maximum Gasteiger partial charge on any atom is 0.335 e. The molecule has 0 atom stereocenters. The molecule has 0 saturated carbocycles. The molecule has 1 fully saturated rings. The van der Waals surface area contributed by atoms with E-state index in [9.17, 15) is 14.4 Å². The third-order valence-electron chi connectivity index (χ3n) is 5.61. The first-order valence-corrected chi connectivity index (χ1v) is 12.9. The van der Waals surface area contributed by atoms with E-state index < -0.39 is 17.8 Å². The average Bonchev–Trinajstić information content (AvgIpc) is 2.89. The Morgan fingerprint density at radius 1 is 0.895 bits per heavy atom. The van der Waals surface area contributed by atoms with Crippen molar-refractivity contribution in [1.29, 1.82) is 0 Å².